The Morgan fingerprint density at radius 1 is 1.25 bits per heavy atom. The summed E-state index contributed by atoms with van der Waals surface area (Å²) in [7, 11) is 2.22. The summed E-state index contributed by atoms with van der Waals surface area (Å²) in [5, 5.41) is 3.54. The molecule has 2 heteroatoms. The molecule has 16 heavy (non-hydrogen) atoms. The maximum atomic E-state index is 3.54. The molecule has 3 rings (SSSR count). The molecule has 1 N–H and O–H groups in total. The van der Waals surface area contributed by atoms with Crippen molar-refractivity contribution in [2.75, 3.05) is 25.0 Å². The standard InChI is InChI=1S/C14H20N2/c1-10-11-5-6-14-13(4-3-9-16(14)2)12(11)7-8-15-10/h5-6,10,15H,3-4,7-9H2,1-2H3. The molecule has 0 radical (unpaired) electrons. The van der Waals surface area contributed by atoms with Crippen LogP contribution in [0.15, 0.2) is 12.1 Å². The Labute approximate surface area is 97.6 Å². The van der Waals surface area contributed by atoms with Gasteiger partial charge in [-0.05, 0) is 55.5 Å². The molecule has 2 aliphatic rings. The highest BCUT2D eigenvalue weighted by Crippen LogP contribution is 2.35. The van der Waals surface area contributed by atoms with Crippen LogP contribution in [-0.2, 0) is 12.8 Å². The van der Waals surface area contributed by atoms with E-state index in [1.165, 1.54) is 37.1 Å². The van der Waals surface area contributed by atoms with Gasteiger partial charge in [0.2, 0.25) is 0 Å². The molecule has 0 saturated carbocycles. The maximum Gasteiger partial charge on any atom is 0.0399 e. The number of fused-ring (bicyclic) bond motifs is 3. The lowest BCUT2D eigenvalue weighted by Gasteiger charge is -2.33. The highest BCUT2D eigenvalue weighted by atomic mass is 15.1. The molecule has 1 atom stereocenters. The van der Waals surface area contributed by atoms with Crippen LogP contribution in [0.4, 0.5) is 5.69 Å². The summed E-state index contributed by atoms with van der Waals surface area (Å²) >= 11 is 0. The quantitative estimate of drug-likeness (QED) is 0.715. The number of hydrogen-bond acceptors (Lipinski definition) is 2. The van der Waals surface area contributed by atoms with Gasteiger partial charge in [-0.2, -0.15) is 0 Å². The van der Waals surface area contributed by atoms with Crippen molar-refractivity contribution < 1.29 is 0 Å². The molecule has 1 aromatic rings. The van der Waals surface area contributed by atoms with Gasteiger partial charge in [0, 0.05) is 25.3 Å². The van der Waals surface area contributed by atoms with Crippen molar-refractivity contribution in [1.82, 2.24) is 5.32 Å². The van der Waals surface area contributed by atoms with Crippen molar-refractivity contribution in [2.24, 2.45) is 0 Å². The first-order valence-electron chi connectivity index (χ1n) is 6.36. The zero-order valence-corrected chi connectivity index (χ0v) is 10.2. The summed E-state index contributed by atoms with van der Waals surface area (Å²) in [5.74, 6) is 0. The van der Waals surface area contributed by atoms with E-state index in [2.05, 4.69) is 36.3 Å². The van der Waals surface area contributed by atoms with Crippen LogP contribution >= 0.6 is 0 Å². The molecule has 0 bridgehead atoms. The van der Waals surface area contributed by atoms with Crippen molar-refractivity contribution in [1.29, 1.82) is 0 Å². The molecular weight excluding hydrogens is 196 g/mol. The fourth-order valence-corrected chi connectivity index (χ4v) is 3.17. The Morgan fingerprint density at radius 3 is 3.00 bits per heavy atom. The number of anilines is 1. The SMILES string of the molecule is CC1NCCc2c1ccc1c2CCCN1C. The van der Waals surface area contributed by atoms with E-state index < -0.39 is 0 Å². The van der Waals surface area contributed by atoms with Gasteiger partial charge in [0.05, 0.1) is 0 Å². The van der Waals surface area contributed by atoms with E-state index in [0.29, 0.717) is 6.04 Å². The molecule has 0 amide bonds. The van der Waals surface area contributed by atoms with E-state index in [1.54, 1.807) is 11.1 Å². The highest BCUT2D eigenvalue weighted by Gasteiger charge is 2.23. The summed E-state index contributed by atoms with van der Waals surface area (Å²) in [5.41, 5.74) is 6.26. The molecule has 1 unspecified atom stereocenters. The lowest BCUT2D eigenvalue weighted by Crippen LogP contribution is -2.31. The first-order valence-corrected chi connectivity index (χ1v) is 6.36. The molecule has 0 aliphatic carbocycles. The van der Waals surface area contributed by atoms with Gasteiger partial charge in [-0.3, -0.25) is 0 Å². The molecule has 0 aromatic heterocycles. The van der Waals surface area contributed by atoms with Crippen molar-refractivity contribution in [3.8, 4) is 0 Å². The molecule has 86 valence electrons. The number of rotatable bonds is 0. The minimum absolute atomic E-state index is 0.529. The Hall–Kier alpha value is -1.02. The van der Waals surface area contributed by atoms with E-state index in [4.69, 9.17) is 0 Å². The van der Waals surface area contributed by atoms with E-state index in [1.807, 2.05) is 0 Å². The largest absolute Gasteiger partial charge is 0.374 e. The van der Waals surface area contributed by atoms with Crippen molar-refractivity contribution in [3.05, 3.63) is 28.8 Å². The van der Waals surface area contributed by atoms with Crippen molar-refractivity contribution in [3.63, 3.8) is 0 Å². The summed E-state index contributed by atoms with van der Waals surface area (Å²) in [6.45, 7) is 4.62. The van der Waals surface area contributed by atoms with Gasteiger partial charge in [0.25, 0.3) is 0 Å². The molecular formula is C14H20N2. The van der Waals surface area contributed by atoms with E-state index in [9.17, 15) is 0 Å². The van der Waals surface area contributed by atoms with E-state index in [-0.39, 0.29) is 0 Å². The molecule has 2 nitrogen and oxygen atoms in total. The maximum absolute atomic E-state index is 3.54. The Bertz CT molecular complexity index is 372. The fourth-order valence-electron chi connectivity index (χ4n) is 3.17. The highest BCUT2D eigenvalue weighted by molar-refractivity contribution is 5.61. The van der Waals surface area contributed by atoms with Crippen LogP contribution in [0.25, 0.3) is 0 Å². The molecule has 0 saturated heterocycles. The monoisotopic (exact) mass is 216 g/mol. The lowest BCUT2D eigenvalue weighted by molar-refractivity contribution is 0.536. The van der Waals surface area contributed by atoms with E-state index in [0.717, 1.165) is 6.54 Å². The topological polar surface area (TPSA) is 15.3 Å². The van der Waals surface area contributed by atoms with Gasteiger partial charge >= 0.3 is 0 Å². The summed E-state index contributed by atoms with van der Waals surface area (Å²) in [6.07, 6.45) is 3.79. The van der Waals surface area contributed by atoms with Gasteiger partial charge in [0.1, 0.15) is 0 Å². The number of benzene rings is 1. The Kier molecular flexibility index (Phi) is 2.40. The average Bonchev–Trinajstić information content (AvgIpc) is 2.30. The molecule has 1 aromatic carbocycles. The molecule has 0 spiro atoms. The normalized spacial score (nSPS) is 23.9. The lowest BCUT2D eigenvalue weighted by atomic mass is 9.86. The van der Waals surface area contributed by atoms with Crippen LogP contribution < -0.4 is 10.2 Å². The first-order chi connectivity index (χ1) is 7.77. The van der Waals surface area contributed by atoms with Gasteiger partial charge < -0.3 is 10.2 Å². The summed E-state index contributed by atoms with van der Waals surface area (Å²) in [4.78, 5) is 2.41. The van der Waals surface area contributed by atoms with Gasteiger partial charge in [0.15, 0.2) is 0 Å². The van der Waals surface area contributed by atoms with Crippen LogP contribution in [0.1, 0.15) is 36.1 Å². The second kappa shape index (κ2) is 3.77. The van der Waals surface area contributed by atoms with E-state index >= 15 is 0 Å². The van der Waals surface area contributed by atoms with Crippen molar-refractivity contribution >= 4 is 5.69 Å². The minimum atomic E-state index is 0.529. The predicted octanol–water partition coefficient (Wildman–Crippen LogP) is 2.28. The second-order valence-corrected chi connectivity index (χ2v) is 5.08. The molecule has 0 fully saturated rings. The third-order valence-corrected chi connectivity index (χ3v) is 4.07. The average molecular weight is 216 g/mol. The van der Waals surface area contributed by atoms with Crippen LogP contribution in [0, 0.1) is 0 Å². The van der Waals surface area contributed by atoms with Crippen LogP contribution in [0.2, 0.25) is 0 Å². The second-order valence-electron chi connectivity index (χ2n) is 5.08. The Morgan fingerprint density at radius 2 is 2.12 bits per heavy atom. The smallest absolute Gasteiger partial charge is 0.0399 e. The van der Waals surface area contributed by atoms with Gasteiger partial charge in [-0.25, -0.2) is 0 Å². The van der Waals surface area contributed by atoms with Crippen LogP contribution in [0.3, 0.4) is 0 Å². The fraction of sp³-hybridized carbons (Fsp3) is 0.571. The number of nitrogens with zero attached hydrogens (tertiary/aromatic N) is 1. The predicted molar refractivity (Wildman–Crippen MR) is 68.2 cm³/mol. The summed E-state index contributed by atoms with van der Waals surface area (Å²) in [6, 6.07) is 5.17. The number of nitrogens with one attached hydrogen (secondary N) is 1. The minimum Gasteiger partial charge on any atom is -0.374 e. The molecule has 2 heterocycles. The third kappa shape index (κ3) is 1.44. The third-order valence-electron chi connectivity index (χ3n) is 4.07. The van der Waals surface area contributed by atoms with Gasteiger partial charge in [-0.15, -0.1) is 0 Å². The first kappa shape index (κ1) is 10.2. The summed E-state index contributed by atoms with van der Waals surface area (Å²) < 4.78 is 0. The van der Waals surface area contributed by atoms with Crippen LogP contribution in [-0.4, -0.2) is 20.1 Å². The zero-order chi connectivity index (χ0) is 11.1. The van der Waals surface area contributed by atoms with Gasteiger partial charge in [-0.1, -0.05) is 6.07 Å². The molecule has 2 aliphatic heterocycles. The van der Waals surface area contributed by atoms with Crippen molar-refractivity contribution in [2.45, 2.75) is 32.2 Å². The van der Waals surface area contributed by atoms with Crippen LogP contribution in [0.5, 0.6) is 0 Å². The Balaban J connectivity index is 2.14. The number of hydrogen-bond donors (Lipinski definition) is 1. The zero-order valence-electron chi connectivity index (χ0n) is 10.2.